The van der Waals surface area contributed by atoms with E-state index in [2.05, 4.69) is 11.4 Å². The van der Waals surface area contributed by atoms with Crippen molar-refractivity contribution in [2.45, 2.75) is 12.5 Å². The van der Waals surface area contributed by atoms with E-state index in [0.717, 1.165) is 28.7 Å². The molecule has 0 aliphatic heterocycles. The SMILES string of the molecule is CNC(Cc1ccc(Cl)c(Cl)c1)c1cc2ccccc2o1. The van der Waals surface area contributed by atoms with Gasteiger partial charge in [0.2, 0.25) is 0 Å². The fourth-order valence-corrected chi connectivity index (χ4v) is 2.74. The van der Waals surface area contributed by atoms with Gasteiger partial charge in [-0.3, -0.25) is 0 Å². The molecule has 1 atom stereocenters. The number of fused-ring (bicyclic) bond motifs is 1. The summed E-state index contributed by atoms with van der Waals surface area (Å²) in [6.07, 6.45) is 0.785. The monoisotopic (exact) mass is 319 g/mol. The van der Waals surface area contributed by atoms with Crippen molar-refractivity contribution in [1.82, 2.24) is 5.32 Å². The lowest BCUT2D eigenvalue weighted by molar-refractivity contribution is 0.451. The number of rotatable bonds is 4. The van der Waals surface area contributed by atoms with Crippen molar-refractivity contribution in [3.63, 3.8) is 0 Å². The number of halogens is 2. The highest BCUT2D eigenvalue weighted by molar-refractivity contribution is 6.42. The van der Waals surface area contributed by atoms with Crippen molar-refractivity contribution in [2.24, 2.45) is 0 Å². The van der Waals surface area contributed by atoms with Crippen LogP contribution >= 0.6 is 23.2 Å². The molecule has 0 amide bonds. The molecule has 2 aromatic carbocycles. The van der Waals surface area contributed by atoms with Crippen LogP contribution in [0.3, 0.4) is 0 Å². The van der Waals surface area contributed by atoms with Gasteiger partial charge in [-0.25, -0.2) is 0 Å². The lowest BCUT2D eigenvalue weighted by Gasteiger charge is -2.14. The standard InChI is InChI=1S/C17H15Cl2NO/c1-20-15(9-11-6-7-13(18)14(19)8-11)17-10-12-4-2-3-5-16(12)21-17/h2-8,10,15,20H,9H2,1H3. The van der Waals surface area contributed by atoms with Crippen LogP contribution in [0.25, 0.3) is 11.0 Å². The Bertz CT molecular complexity index is 733. The summed E-state index contributed by atoms with van der Waals surface area (Å²) >= 11 is 12.0. The van der Waals surface area contributed by atoms with Crippen molar-refractivity contribution in [3.05, 3.63) is 69.9 Å². The third-order valence-electron chi connectivity index (χ3n) is 3.56. The van der Waals surface area contributed by atoms with Gasteiger partial charge in [0, 0.05) is 5.39 Å². The van der Waals surface area contributed by atoms with Crippen LogP contribution in [-0.2, 0) is 6.42 Å². The first kappa shape index (κ1) is 14.5. The number of para-hydroxylation sites is 1. The van der Waals surface area contributed by atoms with E-state index < -0.39 is 0 Å². The zero-order valence-corrected chi connectivity index (χ0v) is 13.1. The van der Waals surface area contributed by atoms with Crippen molar-refractivity contribution in [1.29, 1.82) is 0 Å². The first-order valence-electron chi connectivity index (χ1n) is 6.77. The Morgan fingerprint density at radius 3 is 2.57 bits per heavy atom. The number of furan rings is 1. The van der Waals surface area contributed by atoms with Crippen LogP contribution in [-0.4, -0.2) is 7.05 Å². The maximum atomic E-state index is 6.07. The van der Waals surface area contributed by atoms with Crippen molar-refractivity contribution in [2.75, 3.05) is 7.05 Å². The highest BCUT2D eigenvalue weighted by atomic mass is 35.5. The fraction of sp³-hybridized carbons (Fsp3) is 0.176. The zero-order chi connectivity index (χ0) is 14.8. The maximum absolute atomic E-state index is 6.07. The minimum atomic E-state index is 0.0923. The number of hydrogen-bond acceptors (Lipinski definition) is 2. The number of hydrogen-bond donors (Lipinski definition) is 1. The lowest BCUT2D eigenvalue weighted by atomic mass is 10.0. The lowest BCUT2D eigenvalue weighted by Crippen LogP contribution is -2.18. The molecule has 1 heterocycles. The van der Waals surface area contributed by atoms with Crippen molar-refractivity contribution < 1.29 is 4.42 Å². The smallest absolute Gasteiger partial charge is 0.134 e. The molecule has 3 aromatic rings. The van der Waals surface area contributed by atoms with Crippen LogP contribution in [0.15, 0.2) is 52.9 Å². The summed E-state index contributed by atoms with van der Waals surface area (Å²) in [6.45, 7) is 0. The van der Waals surface area contributed by atoms with Gasteiger partial charge in [0.1, 0.15) is 11.3 Å². The second-order valence-corrected chi connectivity index (χ2v) is 5.79. The van der Waals surface area contributed by atoms with Crippen LogP contribution in [0.2, 0.25) is 10.0 Å². The van der Waals surface area contributed by atoms with E-state index in [9.17, 15) is 0 Å². The Labute approximate surface area is 133 Å². The normalized spacial score (nSPS) is 12.7. The molecular weight excluding hydrogens is 305 g/mol. The molecule has 2 nitrogen and oxygen atoms in total. The average molecular weight is 320 g/mol. The molecule has 0 aliphatic rings. The first-order valence-corrected chi connectivity index (χ1v) is 7.52. The van der Waals surface area contributed by atoms with Crippen LogP contribution in [0.1, 0.15) is 17.4 Å². The summed E-state index contributed by atoms with van der Waals surface area (Å²) in [6, 6.07) is 15.9. The highest BCUT2D eigenvalue weighted by Gasteiger charge is 2.15. The van der Waals surface area contributed by atoms with E-state index >= 15 is 0 Å². The largest absolute Gasteiger partial charge is 0.459 e. The summed E-state index contributed by atoms with van der Waals surface area (Å²) in [5.74, 6) is 0.921. The summed E-state index contributed by atoms with van der Waals surface area (Å²) in [5, 5.41) is 5.56. The molecule has 1 unspecified atom stereocenters. The van der Waals surface area contributed by atoms with E-state index in [1.54, 1.807) is 0 Å². The predicted octanol–water partition coefficient (Wildman–Crippen LogP) is 5.24. The number of benzene rings is 2. The molecule has 0 saturated carbocycles. The third-order valence-corrected chi connectivity index (χ3v) is 4.30. The molecule has 3 rings (SSSR count). The maximum Gasteiger partial charge on any atom is 0.134 e. The Morgan fingerprint density at radius 1 is 1.05 bits per heavy atom. The Kier molecular flexibility index (Phi) is 4.20. The molecule has 4 heteroatoms. The zero-order valence-electron chi connectivity index (χ0n) is 11.6. The van der Waals surface area contributed by atoms with E-state index in [1.807, 2.05) is 49.5 Å². The summed E-state index contributed by atoms with van der Waals surface area (Å²) < 4.78 is 5.93. The summed E-state index contributed by atoms with van der Waals surface area (Å²) in [5.41, 5.74) is 2.02. The van der Waals surface area contributed by atoms with Crippen LogP contribution in [0, 0.1) is 0 Å². The molecule has 0 bridgehead atoms. The topological polar surface area (TPSA) is 25.2 Å². The second-order valence-electron chi connectivity index (χ2n) is 4.98. The van der Waals surface area contributed by atoms with E-state index in [0.29, 0.717) is 10.0 Å². The molecule has 1 aromatic heterocycles. The predicted molar refractivity (Wildman–Crippen MR) is 88.2 cm³/mol. The molecule has 0 radical (unpaired) electrons. The molecule has 108 valence electrons. The van der Waals surface area contributed by atoms with E-state index in [4.69, 9.17) is 27.6 Å². The highest BCUT2D eigenvalue weighted by Crippen LogP contribution is 2.28. The summed E-state index contributed by atoms with van der Waals surface area (Å²) in [4.78, 5) is 0. The van der Waals surface area contributed by atoms with Gasteiger partial charge in [-0.2, -0.15) is 0 Å². The molecule has 1 N–H and O–H groups in total. The first-order chi connectivity index (χ1) is 10.2. The molecule has 0 aliphatic carbocycles. The van der Waals surface area contributed by atoms with Crippen LogP contribution in [0.4, 0.5) is 0 Å². The minimum Gasteiger partial charge on any atom is -0.459 e. The molecule has 0 spiro atoms. The second kappa shape index (κ2) is 6.10. The van der Waals surface area contributed by atoms with Crippen LogP contribution < -0.4 is 5.32 Å². The van der Waals surface area contributed by atoms with E-state index in [-0.39, 0.29) is 6.04 Å². The molecular formula is C17H15Cl2NO. The quantitative estimate of drug-likeness (QED) is 0.711. The van der Waals surface area contributed by atoms with Gasteiger partial charge < -0.3 is 9.73 Å². The Hall–Kier alpha value is -1.48. The van der Waals surface area contributed by atoms with Gasteiger partial charge in [-0.15, -0.1) is 0 Å². The van der Waals surface area contributed by atoms with Gasteiger partial charge in [-0.1, -0.05) is 47.5 Å². The number of nitrogens with one attached hydrogen (secondary N) is 1. The van der Waals surface area contributed by atoms with Gasteiger partial charge in [-0.05, 0) is 43.3 Å². The molecule has 0 saturated heterocycles. The Balaban J connectivity index is 1.88. The number of likely N-dealkylation sites (N-methyl/N-ethyl adjacent to an activating group) is 1. The van der Waals surface area contributed by atoms with Crippen molar-refractivity contribution >= 4 is 34.2 Å². The van der Waals surface area contributed by atoms with Gasteiger partial charge >= 0.3 is 0 Å². The van der Waals surface area contributed by atoms with E-state index in [1.165, 1.54) is 0 Å². The molecule has 0 fully saturated rings. The molecule has 21 heavy (non-hydrogen) atoms. The fourth-order valence-electron chi connectivity index (χ4n) is 2.42. The van der Waals surface area contributed by atoms with Gasteiger partial charge in [0.05, 0.1) is 16.1 Å². The average Bonchev–Trinajstić information content (AvgIpc) is 2.92. The minimum absolute atomic E-state index is 0.0923. The van der Waals surface area contributed by atoms with Crippen molar-refractivity contribution in [3.8, 4) is 0 Å². The summed E-state index contributed by atoms with van der Waals surface area (Å²) in [7, 11) is 1.93. The Morgan fingerprint density at radius 2 is 1.86 bits per heavy atom. The van der Waals surface area contributed by atoms with Crippen LogP contribution in [0.5, 0.6) is 0 Å². The third kappa shape index (κ3) is 3.08. The van der Waals surface area contributed by atoms with Gasteiger partial charge in [0.15, 0.2) is 0 Å². The van der Waals surface area contributed by atoms with Gasteiger partial charge in [0.25, 0.3) is 0 Å².